The Kier molecular flexibility index (Phi) is 8.07. The molecule has 0 amide bonds. The van der Waals surface area contributed by atoms with E-state index in [1.165, 1.54) is 12.3 Å². The van der Waals surface area contributed by atoms with Crippen molar-refractivity contribution in [2.45, 2.75) is 45.9 Å². The summed E-state index contributed by atoms with van der Waals surface area (Å²) in [6.45, 7) is 9.10. The summed E-state index contributed by atoms with van der Waals surface area (Å²) in [5.41, 5.74) is 1.44. The second-order valence-electron chi connectivity index (χ2n) is 9.06. The van der Waals surface area contributed by atoms with Crippen molar-refractivity contribution in [1.29, 1.82) is 0 Å². The Morgan fingerprint density at radius 1 is 1.12 bits per heavy atom. The fourth-order valence-corrected chi connectivity index (χ4v) is 3.47. The maximum Gasteiger partial charge on any atom is 0.374 e. The monoisotopic (exact) mass is 466 g/mol. The van der Waals surface area contributed by atoms with Gasteiger partial charge in [-0.25, -0.2) is 4.79 Å². The molecule has 0 spiro atoms. The SMILES string of the molecule is Cc1cc(OCC(CN(Cc2ccccc2)C(C)(C)C)OC(=O)c2ccco2)ccc1[N+](=O)[O-]. The Morgan fingerprint density at radius 2 is 1.85 bits per heavy atom. The molecule has 1 unspecified atom stereocenters. The third-order valence-electron chi connectivity index (χ3n) is 5.39. The molecule has 8 nitrogen and oxygen atoms in total. The normalized spacial score (nSPS) is 12.4. The minimum absolute atomic E-state index is 0.0231. The molecule has 0 radical (unpaired) electrons. The number of nitrogens with zero attached hydrogens (tertiary/aromatic N) is 2. The van der Waals surface area contributed by atoms with E-state index in [0.29, 0.717) is 24.4 Å². The van der Waals surface area contributed by atoms with Crippen LogP contribution in [0.5, 0.6) is 5.75 Å². The number of benzene rings is 2. The quantitative estimate of drug-likeness (QED) is 0.224. The van der Waals surface area contributed by atoms with Gasteiger partial charge in [-0.2, -0.15) is 0 Å². The first-order valence-electron chi connectivity index (χ1n) is 11.0. The maximum atomic E-state index is 12.6. The van der Waals surface area contributed by atoms with Crippen molar-refractivity contribution in [3.8, 4) is 5.75 Å². The third-order valence-corrected chi connectivity index (χ3v) is 5.39. The van der Waals surface area contributed by atoms with Gasteiger partial charge >= 0.3 is 5.97 Å². The summed E-state index contributed by atoms with van der Waals surface area (Å²) >= 11 is 0. The van der Waals surface area contributed by atoms with Gasteiger partial charge in [-0.05, 0) is 57.5 Å². The van der Waals surface area contributed by atoms with Crippen molar-refractivity contribution in [1.82, 2.24) is 4.90 Å². The molecule has 0 saturated heterocycles. The first kappa shape index (κ1) is 25.0. The van der Waals surface area contributed by atoms with Crippen molar-refractivity contribution in [2.24, 2.45) is 0 Å². The predicted octanol–water partition coefficient (Wildman–Crippen LogP) is 5.40. The number of carbonyl (C=O) groups excluding carboxylic acids is 1. The molecule has 0 aliphatic carbocycles. The van der Waals surface area contributed by atoms with Gasteiger partial charge in [-0.15, -0.1) is 0 Å². The number of carbonyl (C=O) groups is 1. The molecule has 180 valence electrons. The number of furan rings is 1. The Labute approximate surface area is 199 Å². The highest BCUT2D eigenvalue weighted by Crippen LogP contribution is 2.24. The summed E-state index contributed by atoms with van der Waals surface area (Å²) in [7, 11) is 0. The molecule has 0 N–H and O–H groups in total. The number of hydrogen-bond acceptors (Lipinski definition) is 7. The Bertz CT molecular complexity index is 1090. The zero-order valence-electron chi connectivity index (χ0n) is 19.9. The van der Waals surface area contributed by atoms with Gasteiger partial charge in [0.15, 0.2) is 0 Å². The van der Waals surface area contributed by atoms with E-state index in [4.69, 9.17) is 13.9 Å². The van der Waals surface area contributed by atoms with Gasteiger partial charge in [0.05, 0.1) is 11.2 Å². The summed E-state index contributed by atoms with van der Waals surface area (Å²) in [6, 6.07) is 17.8. The zero-order chi connectivity index (χ0) is 24.7. The second kappa shape index (κ2) is 11.0. The van der Waals surface area contributed by atoms with E-state index in [0.717, 1.165) is 5.56 Å². The van der Waals surface area contributed by atoms with Crippen molar-refractivity contribution < 1.29 is 23.6 Å². The molecule has 0 bridgehead atoms. The topological polar surface area (TPSA) is 95.1 Å². The van der Waals surface area contributed by atoms with E-state index in [2.05, 4.69) is 37.8 Å². The van der Waals surface area contributed by atoms with Crippen LogP contribution < -0.4 is 4.74 Å². The molecule has 0 aliphatic rings. The highest BCUT2D eigenvalue weighted by molar-refractivity contribution is 5.86. The Balaban J connectivity index is 1.78. The molecular formula is C26H30N2O6. The third kappa shape index (κ3) is 6.92. The molecule has 0 aliphatic heterocycles. The predicted molar refractivity (Wildman–Crippen MR) is 128 cm³/mol. The van der Waals surface area contributed by atoms with Crippen LogP contribution in [-0.2, 0) is 11.3 Å². The number of hydrogen-bond donors (Lipinski definition) is 0. The first-order chi connectivity index (χ1) is 16.1. The fourth-order valence-electron chi connectivity index (χ4n) is 3.47. The number of nitro groups is 1. The van der Waals surface area contributed by atoms with Crippen molar-refractivity contribution in [2.75, 3.05) is 13.2 Å². The fraction of sp³-hybridized carbons (Fsp3) is 0.346. The molecule has 0 fully saturated rings. The largest absolute Gasteiger partial charge is 0.490 e. The smallest absolute Gasteiger partial charge is 0.374 e. The summed E-state index contributed by atoms with van der Waals surface area (Å²) in [6.07, 6.45) is 0.801. The summed E-state index contributed by atoms with van der Waals surface area (Å²) in [5, 5.41) is 11.1. The standard InChI is InChI=1S/C26H30N2O6/c1-19-15-21(12-13-23(19)28(30)31)33-18-22(34-25(29)24-11-8-14-32-24)17-27(26(2,3)4)16-20-9-6-5-7-10-20/h5-15,22H,16-18H2,1-4H3. The lowest BCUT2D eigenvalue weighted by Crippen LogP contribution is -2.47. The van der Waals surface area contributed by atoms with Crippen LogP contribution in [0.4, 0.5) is 5.69 Å². The van der Waals surface area contributed by atoms with Crippen LogP contribution in [-0.4, -0.2) is 40.6 Å². The molecule has 3 aromatic rings. The van der Waals surface area contributed by atoms with Crippen molar-refractivity contribution >= 4 is 11.7 Å². The second-order valence-corrected chi connectivity index (χ2v) is 9.06. The van der Waals surface area contributed by atoms with Gasteiger partial charge in [-0.3, -0.25) is 15.0 Å². The van der Waals surface area contributed by atoms with Crippen LogP contribution in [0.15, 0.2) is 71.3 Å². The lowest BCUT2D eigenvalue weighted by Gasteiger charge is -2.37. The maximum absolute atomic E-state index is 12.6. The van der Waals surface area contributed by atoms with E-state index in [1.54, 1.807) is 31.2 Å². The van der Waals surface area contributed by atoms with Gasteiger partial charge < -0.3 is 13.9 Å². The number of aryl methyl sites for hydroxylation is 1. The molecule has 1 aromatic heterocycles. The van der Waals surface area contributed by atoms with Gasteiger partial charge in [0, 0.05) is 30.3 Å². The van der Waals surface area contributed by atoms with Crippen LogP contribution in [0.2, 0.25) is 0 Å². The summed E-state index contributed by atoms with van der Waals surface area (Å²) < 4.78 is 16.9. The lowest BCUT2D eigenvalue weighted by atomic mass is 10.0. The summed E-state index contributed by atoms with van der Waals surface area (Å²) in [5.74, 6) is 0.00103. The summed E-state index contributed by atoms with van der Waals surface area (Å²) in [4.78, 5) is 25.5. The van der Waals surface area contributed by atoms with E-state index < -0.39 is 17.0 Å². The molecular weight excluding hydrogens is 436 g/mol. The Hall–Kier alpha value is -3.65. The van der Waals surface area contributed by atoms with Crippen molar-refractivity contribution in [3.63, 3.8) is 0 Å². The van der Waals surface area contributed by atoms with Gasteiger partial charge in [0.25, 0.3) is 5.69 Å². The van der Waals surface area contributed by atoms with Gasteiger partial charge in [-0.1, -0.05) is 30.3 Å². The molecule has 1 heterocycles. The number of nitro benzene ring substituents is 1. The average molecular weight is 467 g/mol. The van der Waals surface area contributed by atoms with Gasteiger partial charge in [0.2, 0.25) is 5.76 Å². The van der Waals surface area contributed by atoms with Crippen LogP contribution in [0, 0.1) is 17.0 Å². The van der Waals surface area contributed by atoms with E-state index in [-0.39, 0.29) is 23.6 Å². The molecule has 8 heteroatoms. The molecule has 0 saturated carbocycles. The van der Waals surface area contributed by atoms with E-state index in [9.17, 15) is 14.9 Å². The zero-order valence-corrected chi connectivity index (χ0v) is 19.9. The lowest BCUT2D eigenvalue weighted by molar-refractivity contribution is -0.385. The first-order valence-corrected chi connectivity index (χ1v) is 11.0. The highest BCUT2D eigenvalue weighted by Gasteiger charge is 2.28. The number of rotatable bonds is 10. The molecule has 34 heavy (non-hydrogen) atoms. The molecule has 3 rings (SSSR count). The average Bonchev–Trinajstić information content (AvgIpc) is 3.32. The van der Waals surface area contributed by atoms with Crippen molar-refractivity contribution in [3.05, 3.63) is 93.9 Å². The Morgan fingerprint density at radius 3 is 2.44 bits per heavy atom. The van der Waals surface area contributed by atoms with Crippen LogP contribution >= 0.6 is 0 Å². The number of esters is 1. The highest BCUT2D eigenvalue weighted by atomic mass is 16.6. The minimum atomic E-state index is -0.615. The van der Waals surface area contributed by atoms with Crippen LogP contribution in [0.25, 0.3) is 0 Å². The molecule has 2 aromatic carbocycles. The molecule has 1 atom stereocenters. The van der Waals surface area contributed by atoms with E-state index in [1.807, 2.05) is 18.2 Å². The minimum Gasteiger partial charge on any atom is -0.490 e. The number of ether oxygens (including phenoxy) is 2. The van der Waals surface area contributed by atoms with Crippen LogP contribution in [0.3, 0.4) is 0 Å². The van der Waals surface area contributed by atoms with Crippen LogP contribution in [0.1, 0.15) is 42.5 Å². The van der Waals surface area contributed by atoms with E-state index >= 15 is 0 Å². The van der Waals surface area contributed by atoms with Gasteiger partial charge in [0.1, 0.15) is 18.5 Å².